The van der Waals surface area contributed by atoms with Crippen LogP contribution in [0.25, 0.3) is 0 Å². The van der Waals surface area contributed by atoms with E-state index < -0.39 is 0 Å². The molecule has 0 heterocycles. The maximum Gasteiger partial charge on any atom is 0.119 e. The van der Waals surface area contributed by atoms with Crippen LogP contribution in [0.5, 0.6) is 5.75 Å². The highest BCUT2D eigenvalue weighted by Gasteiger charge is 2.02. The Morgan fingerprint density at radius 2 is 1.82 bits per heavy atom. The van der Waals surface area contributed by atoms with Gasteiger partial charge >= 0.3 is 0 Å². The van der Waals surface area contributed by atoms with Crippen LogP contribution in [0, 0.1) is 6.92 Å². The molecular weight excluding hydrogens is 300 g/mol. The highest BCUT2D eigenvalue weighted by molar-refractivity contribution is 9.10. The molecule has 0 spiro atoms. The molecule has 0 aromatic heterocycles. The van der Waals surface area contributed by atoms with Gasteiger partial charge in [0.05, 0.1) is 0 Å². The second kappa shape index (κ2) is 5.56. The molecule has 2 aromatic carbocycles. The molecule has 2 aromatic rings. The zero-order valence-corrected chi connectivity index (χ0v) is 11.8. The second-order valence-electron chi connectivity index (χ2n) is 3.84. The Labute approximate surface area is 115 Å². The molecule has 0 fully saturated rings. The number of ether oxygens (including phenoxy) is 1. The van der Waals surface area contributed by atoms with Gasteiger partial charge in [-0.25, -0.2) is 0 Å². The summed E-state index contributed by atoms with van der Waals surface area (Å²) in [5.41, 5.74) is 2.20. The smallest absolute Gasteiger partial charge is 0.119 e. The van der Waals surface area contributed by atoms with Gasteiger partial charge in [0, 0.05) is 15.1 Å². The minimum absolute atomic E-state index is 0.481. The lowest BCUT2D eigenvalue weighted by atomic mass is 10.2. The molecule has 0 N–H and O–H groups in total. The van der Waals surface area contributed by atoms with E-state index in [1.807, 2.05) is 42.5 Å². The summed E-state index contributed by atoms with van der Waals surface area (Å²) in [4.78, 5) is 0. The normalized spacial score (nSPS) is 10.3. The molecule has 0 atom stereocenters. The van der Waals surface area contributed by atoms with Gasteiger partial charge < -0.3 is 4.74 Å². The van der Waals surface area contributed by atoms with E-state index in [0.717, 1.165) is 15.8 Å². The van der Waals surface area contributed by atoms with Crippen molar-refractivity contribution in [2.75, 3.05) is 0 Å². The fourth-order valence-electron chi connectivity index (χ4n) is 1.43. The minimum Gasteiger partial charge on any atom is -0.489 e. The quantitative estimate of drug-likeness (QED) is 0.776. The average Bonchev–Trinajstić information content (AvgIpc) is 2.30. The van der Waals surface area contributed by atoms with Gasteiger partial charge in [-0.1, -0.05) is 51.3 Å². The standard InChI is InChI=1S/C14H12BrClO/c1-10-2-6-13(7-3-10)17-9-11-4-5-12(15)8-14(11)16/h2-8H,9H2,1H3. The first kappa shape index (κ1) is 12.5. The Balaban J connectivity index is 2.04. The molecule has 0 aliphatic heterocycles. The van der Waals surface area contributed by atoms with Crippen LogP contribution in [0.4, 0.5) is 0 Å². The van der Waals surface area contributed by atoms with Crippen LogP contribution in [0.15, 0.2) is 46.9 Å². The van der Waals surface area contributed by atoms with Crippen LogP contribution in [-0.2, 0) is 6.61 Å². The number of rotatable bonds is 3. The van der Waals surface area contributed by atoms with Crippen molar-refractivity contribution in [2.24, 2.45) is 0 Å². The zero-order chi connectivity index (χ0) is 12.3. The molecule has 0 amide bonds. The summed E-state index contributed by atoms with van der Waals surface area (Å²) in [6.45, 7) is 2.53. The number of hydrogen-bond donors (Lipinski definition) is 0. The van der Waals surface area contributed by atoms with Gasteiger partial charge in [0.15, 0.2) is 0 Å². The van der Waals surface area contributed by atoms with E-state index in [9.17, 15) is 0 Å². The predicted molar refractivity (Wildman–Crippen MR) is 74.7 cm³/mol. The van der Waals surface area contributed by atoms with Crippen molar-refractivity contribution in [3.05, 3.63) is 63.1 Å². The molecule has 0 saturated heterocycles. The molecule has 1 nitrogen and oxygen atoms in total. The molecule has 0 aliphatic rings. The topological polar surface area (TPSA) is 9.23 Å². The van der Waals surface area contributed by atoms with E-state index in [2.05, 4.69) is 22.9 Å². The number of halogens is 2. The van der Waals surface area contributed by atoms with Gasteiger partial charge in [-0.05, 0) is 31.2 Å². The highest BCUT2D eigenvalue weighted by Crippen LogP contribution is 2.23. The molecule has 88 valence electrons. The van der Waals surface area contributed by atoms with Crippen LogP contribution in [0.2, 0.25) is 5.02 Å². The zero-order valence-electron chi connectivity index (χ0n) is 9.41. The van der Waals surface area contributed by atoms with E-state index in [4.69, 9.17) is 16.3 Å². The summed E-state index contributed by atoms with van der Waals surface area (Å²) in [5.74, 6) is 0.856. The van der Waals surface area contributed by atoms with Gasteiger partial charge in [0.25, 0.3) is 0 Å². The summed E-state index contributed by atoms with van der Waals surface area (Å²) in [5, 5.41) is 0.714. The van der Waals surface area contributed by atoms with E-state index in [0.29, 0.717) is 11.6 Å². The Bertz CT molecular complexity index is 508. The summed E-state index contributed by atoms with van der Waals surface area (Å²) < 4.78 is 6.64. The monoisotopic (exact) mass is 310 g/mol. The molecule has 3 heteroatoms. The van der Waals surface area contributed by atoms with Crippen LogP contribution in [-0.4, -0.2) is 0 Å². The van der Waals surface area contributed by atoms with Crippen LogP contribution >= 0.6 is 27.5 Å². The lowest BCUT2D eigenvalue weighted by Crippen LogP contribution is -1.96. The Hall–Kier alpha value is -0.990. The number of benzene rings is 2. The lowest BCUT2D eigenvalue weighted by Gasteiger charge is -2.08. The average molecular weight is 312 g/mol. The second-order valence-corrected chi connectivity index (χ2v) is 5.16. The van der Waals surface area contributed by atoms with Crippen molar-refractivity contribution in [1.82, 2.24) is 0 Å². The number of hydrogen-bond acceptors (Lipinski definition) is 1. The van der Waals surface area contributed by atoms with Gasteiger partial charge in [-0.3, -0.25) is 0 Å². The van der Waals surface area contributed by atoms with Crippen molar-refractivity contribution >= 4 is 27.5 Å². The first-order valence-electron chi connectivity index (χ1n) is 5.28. The van der Waals surface area contributed by atoms with Crippen molar-refractivity contribution in [1.29, 1.82) is 0 Å². The summed E-state index contributed by atoms with van der Waals surface area (Å²) >= 11 is 9.49. The van der Waals surface area contributed by atoms with E-state index in [1.54, 1.807) is 0 Å². The van der Waals surface area contributed by atoms with Gasteiger partial charge in [-0.15, -0.1) is 0 Å². The third-order valence-electron chi connectivity index (χ3n) is 2.43. The van der Waals surface area contributed by atoms with Gasteiger partial charge in [-0.2, -0.15) is 0 Å². The SMILES string of the molecule is Cc1ccc(OCc2ccc(Br)cc2Cl)cc1. The molecule has 0 radical (unpaired) electrons. The van der Waals surface area contributed by atoms with Gasteiger partial charge in [0.2, 0.25) is 0 Å². The minimum atomic E-state index is 0.481. The van der Waals surface area contributed by atoms with E-state index in [-0.39, 0.29) is 0 Å². The Morgan fingerprint density at radius 3 is 2.47 bits per heavy atom. The van der Waals surface area contributed by atoms with Crippen LogP contribution in [0.3, 0.4) is 0 Å². The fourth-order valence-corrected chi connectivity index (χ4v) is 2.16. The maximum atomic E-state index is 6.11. The summed E-state index contributed by atoms with van der Waals surface area (Å²) in [6, 6.07) is 13.8. The van der Waals surface area contributed by atoms with Crippen LogP contribution < -0.4 is 4.74 Å². The summed E-state index contributed by atoms with van der Waals surface area (Å²) in [6.07, 6.45) is 0. The van der Waals surface area contributed by atoms with Crippen molar-refractivity contribution in [3.8, 4) is 5.75 Å². The third kappa shape index (κ3) is 3.48. The fraction of sp³-hybridized carbons (Fsp3) is 0.143. The lowest BCUT2D eigenvalue weighted by molar-refractivity contribution is 0.306. The highest BCUT2D eigenvalue weighted by atomic mass is 79.9. The van der Waals surface area contributed by atoms with Crippen LogP contribution in [0.1, 0.15) is 11.1 Å². The predicted octanol–water partition coefficient (Wildman–Crippen LogP) is 4.99. The number of aryl methyl sites for hydroxylation is 1. The first-order chi connectivity index (χ1) is 8.15. The summed E-state index contributed by atoms with van der Waals surface area (Å²) in [7, 11) is 0. The Kier molecular flexibility index (Phi) is 4.08. The molecule has 0 unspecified atom stereocenters. The van der Waals surface area contributed by atoms with E-state index in [1.165, 1.54) is 5.56 Å². The molecule has 2 rings (SSSR count). The van der Waals surface area contributed by atoms with E-state index >= 15 is 0 Å². The third-order valence-corrected chi connectivity index (χ3v) is 3.28. The Morgan fingerprint density at radius 1 is 1.12 bits per heavy atom. The molecule has 0 aliphatic carbocycles. The first-order valence-corrected chi connectivity index (χ1v) is 6.45. The van der Waals surface area contributed by atoms with Gasteiger partial charge in [0.1, 0.15) is 12.4 Å². The van der Waals surface area contributed by atoms with Crippen molar-refractivity contribution in [3.63, 3.8) is 0 Å². The van der Waals surface area contributed by atoms with Crippen molar-refractivity contribution in [2.45, 2.75) is 13.5 Å². The molecule has 0 bridgehead atoms. The molecule has 0 saturated carbocycles. The maximum absolute atomic E-state index is 6.11. The van der Waals surface area contributed by atoms with Crippen molar-refractivity contribution < 1.29 is 4.74 Å². The molecule has 17 heavy (non-hydrogen) atoms. The molecular formula is C14H12BrClO. The largest absolute Gasteiger partial charge is 0.489 e.